The third-order valence-electron chi connectivity index (χ3n) is 3.43. The van der Waals surface area contributed by atoms with Crippen molar-refractivity contribution in [1.29, 1.82) is 0 Å². The number of nitrogens with one attached hydrogen (secondary N) is 1. The standard InChI is InChI=1S/C9H15NO3/c1-13-8(11)9(12)6-10-4-2-7(9)3-5-10/h7,12H,2-6H2,1H3/p+1/t9-/m0/s1. The molecule has 0 spiro atoms. The van der Waals surface area contributed by atoms with Crippen LogP contribution in [0, 0.1) is 5.92 Å². The van der Waals surface area contributed by atoms with Crippen LogP contribution in [-0.2, 0) is 9.53 Å². The fraction of sp³-hybridized carbons (Fsp3) is 0.889. The Bertz CT molecular complexity index is 223. The topological polar surface area (TPSA) is 51.0 Å². The van der Waals surface area contributed by atoms with Crippen molar-refractivity contribution in [2.24, 2.45) is 5.92 Å². The van der Waals surface area contributed by atoms with Gasteiger partial charge in [0.2, 0.25) is 5.60 Å². The molecule has 0 saturated carbocycles. The maximum atomic E-state index is 11.4. The van der Waals surface area contributed by atoms with Gasteiger partial charge in [0.05, 0.1) is 20.2 Å². The maximum Gasteiger partial charge on any atom is 0.344 e. The Morgan fingerprint density at radius 1 is 1.54 bits per heavy atom. The molecule has 0 aliphatic carbocycles. The monoisotopic (exact) mass is 186 g/mol. The Hall–Kier alpha value is -0.610. The first-order valence-corrected chi connectivity index (χ1v) is 4.81. The van der Waals surface area contributed by atoms with E-state index in [1.54, 1.807) is 0 Å². The lowest BCUT2D eigenvalue weighted by Gasteiger charge is -2.45. The van der Waals surface area contributed by atoms with E-state index in [-0.39, 0.29) is 5.92 Å². The van der Waals surface area contributed by atoms with Crippen LogP contribution in [0.2, 0.25) is 0 Å². The highest BCUT2D eigenvalue weighted by atomic mass is 16.5. The number of hydrogen-bond acceptors (Lipinski definition) is 3. The molecule has 0 radical (unpaired) electrons. The minimum Gasteiger partial charge on any atom is -0.467 e. The van der Waals surface area contributed by atoms with E-state index in [4.69, 9.17) is 0 Å². The van der Waals surface area contributed by atoms with Crippen molar-refractivity contribution in [3.8, 4) is 0 Å². The van der Waals surface area contributed by atoms with Gasteiger partial charge in [0.25, 0.3) is 0 Å². The van der Waals surface area contributed by atoms with Crippen LogP contribution >= 0.6 is 0 Å². The van der Waals surface area contributed by atoms with E-state index in [0.717, 1.165) is 25.9 Å². The van der Waals surface area contributed by atoms with Crippen molar-refractivity contribution >= 4 is 5.97 Å². The van der Waals surface area contributed by atoms with Crippen molar-refractivity contribution in [3.05, 3.63) is 0 Å². The summed E-state index contributed by atoms with van der Waals surface area (Å²) in [7, 11) is 1.34. The Morgan fingerprint density at radius 3 is 2.54 bits per heavy atom. The second-order valence-corrected chi connectivity index (χ2v) is 4.12. The fourth-order valence-corrected chi connectivity index (χ4v) is 2.62. The molecule has 3 aliphatic heterocycles. The van der Waals surface area contributed by atoms with Gasteiger partial charge in [-0.15, -0.1) is 0 Å². The minimum atomic E-state index is -1.19. The molecule has 3 rings (SSSR count). The summed E-state index contributed by atoms with van der Waals surface area (Å²) in [6.07, 6.45) is 1.89. The van der Waals surface area contributed by atoms with Crippen molar-refractivity contribution in [3.63, 3.8) is 0 Å². The summed E-state index contributed by atoms with van der Waals surface area (Å²) in [5, 5.41) is 10.1. The summed E-state index contributed by atoms with van der Waals surface area (Å²) in [5.41, 5.74) is -1.19. The molecule has 0 aromatic rings. The van der Waals surface area contributed by atoms with E-state index >= 15 is 0 Å². The lowest BCUT2D eigenvalue weighted by Crippen LogP contribution is -3.18. The maximum absolute atomic E-state index is 11.4. The highest BCUT2D eigenvalue weighted by molar-refractivity contribution is 5.80. The Morgan fingerprint density at radius 2 is 2.15 bits per heavy atom. The van der Waals surface area contributed by atoms with Crippen LogP contribution in [0.25, 0.3) is 0 Å². The Labute approximate surface area is 77.5 Å². The molecule has 74 valence electrons. The first kappa shape index (κ1) is 8.97. The van der Waals surface area contributed by atoms with Gasteiger partial charge in [0.15, 0.2) is 0 Å². The molecular weight excluding hydrogens is 170 g/mol. The van der Waals surface area contributed by atoms with Crippen molar-refractivity contribution < 1.29 is 19.5 Å². The van der Waals surface area contributed by atoms with Crippen LogP contribution in [0.3, 0.4) is 0 Å². The first-order chi connectivity index (χ1) is 6.16. The van der Waals surface area contributed by atoms with Gasteiger partial charge in [0.1, 0.15) is 6.54 Å². The molecule has 3 saturated heterocycles. The third kappa shape index (κ3) is 1.25. The van der Waals surface area contributed by atoms with Crippen LogP contribution in [0.4, 0.5) is 0 Å². The highest BCUT2D eigenvalue weighted by Gasteiger charge is 2.54. The summed E-state index contributed by atoms with van der Waals surface area (Å²) in [5.74, 6) is -0.327. The minimum absolute atomic E-state index is 0.123. The summed E-state index contributed by atoms with van der Waals surface area (Å²) >= 11 is 0. The zero-order chi connectivity index (χ0) is 9.47. The number of ether oxygens (including phenoxy) is 1. The molecule has 3 heterocycles. The molecule has 4 heteroatoms. The Kier molecular flexibility index (Phi) is 2.04. The molecule has 4 nitrogen and oxygen atoms in total. The lowest BCUT2D eigenvalue weighted by molar-refractivity contribution is -0.923. The molecule has 3 fully saturated rings. The van der Waals surface area contributed by atoms with Gasteiger partial charge in [-0.1, -0.05) is 0 Å². The lowest BCUT2D eigenvalue weighted by atomic mass is 9.75. The van der Waals surface area contributed by atoms with Crippen molar-refractivity contribution in [2.45, 2.75) is 18.4 Å². The predicted octanol–water partition coefficient (Wildman–Crippen LogP) is -1.80. The largest absolute Gasteiger partial charge is 0.467 e. The summed E-state index contributed by atoms with van der Waals surface area (Å²) in [6, 6.07) is 0. The molecular formula is C9H16NO3+. The molecule has 0 amide bonds. The number of quaternary nitrogens is 1. The zero-order valence-corrected chi connectivity index (χ0v) is 7.88. The normalized spacial score (nSPS) is 43.2. The first-order valence-electron chi connectivity index (χ1n) is 4.81. The van der Waals surface area contributed by atoms with E-state index in [1.807, 2.05) is 0 Å². The number of fused-ring (bicyclic) bond motifs is 3. The second-order valence-electron chi connectivity index (χ2n) is 4.12. The van der Waals surface area contributed by atoms with Gasteiger partial charge in [-0.05, 0) is 0 Å². The number of piperidine rings is 3. The number of aliphatic hydroxyl groups is 1. The Balaban J connectivity index is 2.18. The summed E-state index contributed by atoms with van der Waals surface area (Å²) in [4.78, 5) is 12.7. The molecule has 2 bridgehead atoms. The van der Waals surface area contributed by atoms with Gasteiger partial charge >= 0.3 is 5.97 Å². The van der Waals surface area contributed by atoms with Gasteiger partial charge < -0.3 is 14.7 Å². The highest BCUT2D eigenvalue weighted by Crippen LogP contribution is 2.28. The van der Waals surface area contributed by atoms with E-state index in [9.17, 15) is 9.90 Å². The van der Waals surface area contributed by atoms with E-state index in [0.29, 0.717) is 6.54 Å². The number of methoxy groups -OCH3 is 1. The van der Waals surface area contributed by atoms with Gasteiger partial charge in [-0.2, -0.15) is 0 Å². The molecule has 2 N–H and O–H groups in total. The summed E-state index contributed by atoms with van der Waals surface area (Å²) < 4.78 is 4.64. The van der Waals surface area contributed by atoms with E-state index in [1.165, 1.54) is 12.0 Å². The van der Waals surface area contributed by atoms with Crippen molar-refractivity contribution in [1.82, 2.24) is 0 Å². The van der Waals surface area contributed by atoms with Crippen LogP contribution in [0.5, 0.6) is 0 Å². The molecule has 1 atom stereocenters. The van der Waals surface area contributed by atoms with Crippen LogP contribution in [-0.4, -0.2) is 43.4 Å². The number of carbonyl (C=O) groups excluding carboxylic acids is 1. The SMILES string of the molecule is COC(=O)[C@]1(O)C[NH+]2CCC1CC2. The van der Waals surface area contributed by atoms with Crippen molar-refractivity contribution in [2.75, 3.05) is 26.7 Å². The predicted molar refractivity (Wildman–Crippen MR) is 45.3 cm³/mol. The van der Waals surface area contributed by atoms with Gasteiger partial charge in [0, 0.05) is 18.8 Å². The van der Waals surface area contributed by atoms with Gasteiger partial charge in [-0.25, -0.2) is 4.79 Å². The van der Waals surface area contributed by atoms with E-state index in [2.05, 4.69) is 4.74 Å². The van der Waals surface area contributed by atoms with Crippen LogP contribution in [0.15, 0.2) is 0 Å². The fourth-order valence-electron chi connectivity index (χ4n) is 2.62. The molecule has 0 aromatic carbocycles. The van der Waals surface area contributed by atoms with Crippen LogP contribution in [0.1, 0.15) is 12.8 Å². The van der Waals surface area contributed by atoms with E-state index < -0.39 is 11.6 Å². The van der Waals surface area contributed by atoms with Crippen LogP contribution < -0.4 is 4.90 Å². The third-order valence-corrected chi connectivity index (χ3v) is 3.43. The zero-order valence-electron chi connectivity index (χ0n) is 7.88. The van der Waals surface area contributed by atoms with Gasteiger partial charge in [-0.3, -0.25) is 0 Å². The smallest absolute Gasteiger partial charge is 0.344 e. The second kappa shape index (κ2) is 2.96. The molecule has 13 heavy (non-hydrogen) atoms. The molecule has 0 unspecified atom stereocenters. The average Bonchev–Trinajstić information content (AvgIpc) is 2.18. The molecule has 0 aromatic heterocycles. The number of rotatable bonds is 1. The number of esters is 1. The number of hydrogen-bond donors (Lipinski definition) is 2. The molecule has 3 aliphatic rings. The quantitative estimate of drug-likeness (QED) is 0.475. The summed E-state index contributed by atoms with van der Waals surface area (Å²) in [6.45, 7) is 2.71. The number of carbonyl (C=O) groups is 1. The average molecular weight is 186 g/mol.